The highest BCUT2D eigenvalue weighted by molar-refractivity contribution is 5.86. The van der Waals surface area contributed by atoms with Gasteiger partial charge >= 0.3 is 11.9 Å². The highest BCUT2D eigenvalue weighted by Gasteiger charge is 2.15. The van der Waals surface area contributed by atoms with Gasteiger partial charge in [-0.25, -0.2) is 0 Å². The molecule has 12 heteroatoms. The number of likely N-dealkylation sites (N-methyl/N-ethyl adjacent to an activating group) is 2. The summed E-state index contributed by atoms with van der Waals surface area (Å²) in [6, 6.07) is 14.6. The van der Waals surface area contributed by atoms with Crippen LogP contribution in [0.2, 0.25) is 0 Å². The lowest BCUT2D eigenvalue weighted by Crippen LogP contribution is -2.38. The van der Waals surface area contributed by atoms with Crippen LogP contribution in [0.5, 0.6) is 11.5 Å². The predicted octanol–water partition coefficient (Wildman–Crippen LogP) is 1.38. The first-order chi connectivity index (χ1) is 19.2. The number of hydrogen-bond acceptors (Lipinski definition) is 10. The molecular weight excluding hydrogens is 520 g/mol. The minimum Gasteiger partial charge on any atom is -0.488 e. The number of para-hydroxylation sites is 4. The van der Waals surface area contributed by atoms with Crippen LogP contribution in [0.15, 0.2) is 48.5 Å². The molecule has 0 spiro atoms. The highest BCUT2D eigenvalue weighted by Crippen LogP contribution is 2.28. The Morgan fingerprint density at radius 1 is 0.650 bits per heavy atom. The molecule has 0 radical (unpaired) electrons. The molecule has 0 heterocycles. The number of carbonyl (C=O) groups excluding carboxylic acids is 4. The van der Waals surface area contributed by atoms with E-state index in [1.807, 2.05) is 36.4 Å². The average Bonchev–Trinajstić information content (AvgIpc) is 2.94. The summed E-state index contributed by atoms with van der Waals surface area (Å²) in [6.07, 6.45) is 0. The number of rotatable bonds is 17. The van der Waals surface area contributed by atoms with Gasteiger partial charge in [0.1, 0.15) is 37.8 Å². The third-order valence-corrected chi connectivity index (χ3v) is 5.38. The molecule has 2 aromatic carbocycles. The van der Waals surface area contributed by atoms with E-state index in [-0.39, 0.29) is 64.4 Å². The minimum absolute atomic E-state index is 0.0172. The number of hydrogen-bond donors (Lipinski definition) is 2. The van der Waals surface area contributed by atoms with Gasteiger partial charge in [0, 0.05) is 14.1 Å². The molecule has 0 aromatic heterocycles. The second-order valence-corrected chi connectivity index (χ2v) is 8.51. The molecule has 0 unspecified atom stereocenters. The van der Waals surface area contributed by atoms with E-state index >= 15 is 0 Å². The Bertz CT molecular complexity index is 1040. The van der Waals surface area contributed by atoms with E-state index in [0.29, 0.717) is 22.9 Å². The van der Waals surface area contributed by atoms with Gasteiger partial charge in [0.25, 0.3) is 0 Å². The normalized spacial score (nSPS) is 10.2. The number of ether oxygens (including phenoxy) is 4. The first-order valence-corrected chi connectivity index (χ1v) is 13.0. The maximum atomic E-state index is 12.2. The molecule has 218 valence electrons. The van der Waals surface area contributed by atoms with Crippen molar-refractivity contribution in [3.8, 4) is 11.5 Å². The minimum atomic E-state index is -0.493. The van der Waals surface area contributed by atoms with E-state index in [2.05, 4.69) is 10.6 Å². The fourth-order valence-electron chi connectivity index (χ4n) is 3.57. The van der Waals surface area contributed by atoms with Crippen molar-refractivity contribution in [3.05, 3.63) is 48.5 Å². The van der Waals surface area contributed by atoms with Crippen molar-refractivity contribution >= 4 is 35.1 Å². The third-order valence-electron chi connectivity index (χ3n) is 5.38. The molecule has 2 aromatic rings. The topological polar surface area (TPSA) is 136 Å². The number of nitrogens with one attached hydrogen (secondary N) is 2. The summed E-state index contributed by atoms with van der Waals surface area (Å²) >= 11 is 0. The molecule has 2 amide bonds. The van der Waals surface area contributed by atoms with Crippen LogP contribution in [-0.4, -0.2) is 90.5 Å². The van der Waals surface area contributed by atoms with Gasteiger partial charge in [0.2, 0.25) is 11.8 Å². The van der Waals surface area contributed by atoms with E-state index in [1.54, 1.807) is 49.9 Å². The highest BCUT2D eigenvalue weighted by atomic mass is 16.5. The van der Waals surface area contributed by atoms with Crippen LogP contribution >= 0.6 is 0 Å². The van der Waals surface area contributed by atoms with Crippen LogP contribution in [0.1, 0.15) is 13.8 Å². The Hall–Kier alpha value is -4.48. The van der Waals surface area contributed by atoms with Crippen molar-refractivity contribution < 1.29 is 38.1 Å². The number of carbonyl (C=O) groups is 4. The molecule has 0 bridgehead atoms. The third kappa shape index (κ3) is 11.1. The zero-order valence-electron chi connectivity index (χ0n) is 23.4. The Labute approximate surface area is 234 Å². The largest absolute Gasteiger partial charge is 0.488 e. The lowest BCUT2D eigenvalue weighted by molar-refractivity contribution is -0.143. The average molecular weight is 559 g/mol. The number of esters is 2. The van der Waals surface area contributed by atoms with Gasteiger partial charge in [0.05, 0.1) is 37.7 Å². The molecule has 0 aliphatic heterocycles. The molecule has 0 saturated carbocycles. The van der Waals surface area contributed by atoms with Crippen molar-refractivity contribution in [1.82, 2.24) is 10.6 Å². The van der Waals surface area contributed by atoms with Crippen LogP contribution in [0.4, 0.5) is 11.4 Å². The van der Waals surface area contributed by atoms with Gasteiger partial charge in [-0.15, -0.1) is 0 Å². The SMILES string of the molecule is CCOC(=O)CNC(=O)CN(C)c1ccccc1OCCOc1ccccc1N(C)CC(=O)NCC(=O)OCC. The van der Waals surface area contributed by atoms with Gasteiger partial charge in [-0.05, 0) is 38.1 Å². The Balaban J connectivity index is 1.87. The number of amides is 2. The molecule has 0 fully saturated rings. The van der Waals surface area contributed by atoms with Crippen molar-refractivity contribution in [2.75, 3.05) is 76.5 Å². The molecule has 2 rings (SSSR count). The van der Waals surface area contributed by atoms with Gasteiger partial charge < -0.3 is 39.4 Å². The molecule has 40 heavy (non-hydrogen) atoms. The van der Waals surface area contributed by atoms with Crippen LogP contribution < -0.4 is 29.9 Å². The summed E-state index contributed by atoms with van der Waals surface area (Å²) < 4.78 is 21.5. The Morgan fingerprint density at radius 3 is 1.40 bits per heavy atom. The zero-order chi connectivity index (χ0) is 29.3. The lowest BCUT2D eigenvalue weighted by atomic mass is 10.2. The zero-order valence-corrected chi connectivity index (χ0v) is 23.4. The van der Waals surface area contributed by atoms with Crippen LogP contribution in [-0.2, 0) is 28.7 Å². The van der Waals surface area contributed by atoms with Crippen molar-refractivity contribution in [2.24, 2.45) is 0 Å². The fourth-order valence-corrected chi connectivity index (χ4v) is 3.57. The summed E-state index contributed by atoms with van der Waals surface area (Å²) in [4.78, 5) is 50.8. The summed E-state index contributed by atoms with van der Waals surface area (Å²) in [7, 11) is 3.50. The fraction of sp³-hybridized carbons (Fsp3) is 0.429. The van der Waals surface area contributed by atoms with Crippen LogP contribution in [0.25, 0.3) is 0 Å². The molecule has 2 N–H and O–H groups in total. The van der Waals surface area contributed by atoms with E-state index in [1.165, 1.54) is 0 Å². The van der Waals surface area contributed by atoms with Crippen LogP contribution in [0, 0.1) is 0 Å². The number of anilines is 2. The van der Waals surface area contributed by atoms with Crippen molar-refractivity contribution in [2.45, 2.75) is 13.8 Å². The molecule has 12 nitrogen and oxygen atoms in total. The summed E-state index contributed by atoms with van der Waals surface area (Å²) in [5.41, 5.74) is 1.39. The smallest absolute Gasteiger partial charge is 0.325 e. The number of benzene rings is 2. The maximum Gasteiger partial charge on any atom is 0.325 e. The second-order valence-electron chi connectivity index (χ2n) is 8.51. The van der Waals surface area contributed by atoms with E-state index < -0.39 is 11.9 Å². The standard InChI is InChI=1S/C28H38N4O8/c1-5-37-27(35)17-29-25(33)19-31(3)21-11-7-9-13-23(21)39-15-16-40-24-14-10-8-12-22(24)32(4)20-26(34)30-18-28(36)38-6-2/h7-14H,5-6,15-20H2,1-4H3,(H,29,33)(H,30,34). The van der Waals surface area contributed by atoms with E-state index in [4.69, 9.17) is 18.9 Å². The Kier molecular flexibility index (Phi) is 13.6. The Morgan fingerprint density at radius 2 is 1.02 bits per heavy atom. The predicted molar refractivity (Wildman–Crippen MR) is 150 cm³/mol. The second kappa shape index (κ2) is 17.2. The van der Waals surface area contributed by atoms with Crippen LogP contribution in [0.3, 0.4) is 0 Å². The van der Waals surface area contributed by atoms with Crippen molar-refractivity contribution in [3.63, 3.8) is 0 Å². The van der Waals surface area contributed by atoms with Gasteiger partial charge in [-0.1, -0.05) is 24.3 Å². The lowest BCUT2D eigenvalue weighted by Gasteiger charge is -2.23. The summed E-state index contributed by atoms with van der Waals surface area (Å²) in [5.74, 6) is -0.515. The molecular formula is C28H38N4O8. The molecule has 0 aliphatic rings. The number of nitrogens with zero attached hydrogens (tertiary/aromatic N) is 2. The summed E-state index contributed by atoms with van der Waals surface area (Å²) in [6.45, 7) is 4.00. The van der Waals surface area contributed by atoms with E-state index in [0.717, 1.165) is 0 Å². The van der Waals surface area contributed by atoms with Crippen molar-refractivity contribution in [1.29, 1.82) is 0 Å². The monoisotopic (exact) mass is 558 g/mol. The molecule has 0 aliphatic carbocycles. The molecule has 0 saturated heterocycles. The first kappa shape index (κ1) is 31.7. The molecule has 0 atom stereocenters. The maximum absolute atomic E-state index is 12.2. The summed E-state index contributed by atoms with van der Waals surface area (Å²) in [5, 5.41) is 5.07. The van der Waals surface area contributed by atoms with Gasteiger partial charge in [-0.2, -0.15) is 0 Å². The first-order valence-electron chi connectivity index (χ1n) is 13.0. The quantitative estimate of drug-likeness (QED) is 0.216. The van der Waals surface area contributed by atoms with Gasteiger partial charge in [0.15, 0.2) is 0 Å². The van der Waals surface area contributed by atoms with Gasteiger partial charge in [-0.3, -0.25) is 19.2 Å². The van der Waals surface area contributed by atoms with E-state index in [9.17, 15) is 19.2 Å².